The topological polar surface area (TPSA) is 41.9 Å². The predicted octanol–water partition coefficient (Wildman–Crippen LogP) is 1.87. The number of ether oxygens (including phenoxy) is 2. The van der Waals surface area contributed by atoms with Crippen molar-refractivity contribution >= 4 is 0 Å². The first-order chi connectivity index (χ1) is 9.60. The zero-order valence-electron chi connectivity index (χ0n) is 11.3. The van der Waals surface area contributed by atoms with Crippen LogP contribution in [0.25, 0.3) is 0 Å². The lowest BCUT2D eigenvalue weighted by atomic mass is 10.1. The highest BCUT2D eigenvalue weighted by Crippen LogP contribution is 2.24. The third-order valence-electron chi connectivity index (χ3n) is 3.40. The molecule has 0 aromatic heterocycles. The van der Waals surface area contributed by atoms with Gasteiger partial charge in [0.25, 0.3) is 0 Å². The SMILES string of the molecule is CC1COC(CO)CN1Cc1ccccc1OC(F)F. The van der Waals surface area contributed by atoms with Crippen molar-refractivity contribution in [1.29, 1.82) is 0 Å². The van der Waals surface area contributed by atoms with Gasteiger partial charge in [-0.2, -0.15) is 8.78 Å². The second-order valence-corrected chi connectivity index (χ2v) is 4.90. The lowest BCUT2D eigenvalue weighted by molar-refractivity contribution is -0.0817. The molecular formula is C14H19F2NO3. The van der Waals surface area contributed by atoms with E-state index in [1.807, 2.05) is 6.92 Å². The number of alkyl halides is 2. The molecule has 0 saturated carbocycles. The summed E-state index contributed by atoms with van der Waals surface area (Å²) < 4.78 is 34.8. The molecule has 0 bridgehead atoms. The van der Waals surface area contributed by atoms with Crippen molar-refractivity contribution in [3.63, 3.8) is 0 Å². The summed E-state index contributed by atoms with van der Waals surface area (Å²) in [7, 11) is 0. The maximum absolute atomic E-state index is 12.4. The Hall–Kier alpha value is -1.24. The van der Waals surface area contributed by atoms with E-state index in [9.17, 15) is 8.78 Å². The molecule has 112 valence electrons. The van der Waals surface area contributed by atoms with Crippen LogP contribution in [-0.2, 0) is 11.3 Å². The number of nitrogens with zero attached hydrogens (tertiary/aromatic N) is 1. The fourth-order valence-corrected chi connectivity index (χ4v) is 2.27. The number of aliphatic hydroxyl groups is 1. The smallest absolute Gasteiger partial charge is 0.387 e. The van der Waals surface area contributed by atoms with Gasteiger partial charge in [-0.1, -0.05) is 18.2 Å². The van der Waals surface area contributed by atoms with Crippen LogP contribution >= 0.6 is 0 Å². The minimum absolute atomic E-state index is 0.0433. The Kier molecular flexibility index (Phi) is 5.28. The summed E-state index contributed by atoms with van der Waals surface area (Å²) in [6.07, 6.45) is -0.227. The van der Waals surface area contributed by atoms with Gasteiger partial charge in [0.15, 0.2) is 0 Å². The molecule has 1 aliphatic rings. The molecule has 2 unspecified atom stereocenters. The van der Waals surface area contributed by atoms with Crippen LogP contribution in [0.3, 0.4) is 0 Å². The monoisotopic (exact) mass is 287 g/mol. The van der Waals surface area contributed by atoms with E-state index in [0.717, 1.165) is 0 Å². The number of halogens is 2. The highest BCUT2D eigenvalue weighted by Gasteiger charge is 2.26. The van der Waals surface area contributed by atoms with Crippen molar-refractivity contribution in [2.75, 3.05) is 19.8 Å². The summed E-state index contributed by atoms with van der Waals surface area (Å²) >= 11 is 0. The van der Waals surface area contributed by atoms with Gasteiger partial charge < -0.3 is 14.6 Å². The first-order valence-corrected chi connectivity index (χ1v) is 6.59. The van der Waals surface area contributed by atoms with Crippen LogP contribution in [0.15, 0.2) is 24.3 Å². The average Bonchev–Trinajstić information content (AvgIpc) is 2.43. The van der Waals surface area contributed by atoms with Crippen molar-refractivity contribution in [1.82, 2.24) is 4.90 Å². The normalized spacial score (nSPS) is 24.1. The van der Waals surface area contributed by atoms with Crippen molar-refractivity contribution in [2.24, 2.45) is 0 Å². The summed E-state index contributed by atoms with van der Waals surface area (Å²) in [5, 5.41) is 9.16. The zero-order chi connectivity index (χ0) is 14.5. The highest BCUT2D eigenvalue weighted by molar-refractivity contribution is 5.33. The van der Waals surface area contributed by atoms with Crippen LogP contribution in [-0.4, -0.2) is 48.5 Å². The van der Waals surface area contributed by atoms with Crippen molar-refractivity contribution in [3.05, 3.63) is 29.8 Å². The van der Waals surface area contributed by atoms with E-state index in [4.69, 9.17) is 9.84 Å². The Morgan fingerprint density at radius 2 is 2.20 bits per heavy atom. The van der Waals surface area contributed by atoms with Gasteiger partial charge in [-0.15, -0.1) is 0 Å². The molecule has 1 aromatic carbocycles. The van der Waals surface area contributed by atoms with Crippen LogP contribution in [0.1, 0.15) is 12.5 Å². The third-order valence-corrected chi connectivity index (χ3v) is 3.40. The van der Waals surface area contributed by atoms with Gasteiger partial charge >= 0.3 is 6.61 Å². The molecule has 0 aliphatic carbocycles. The highest BCUT2D eigenvalue weighted by atomic mass is 19.3. The number of benzene rings is 1. The van der Waals surface area contributed by atoms with Gasteiger partial charge in [-0.25, -0.2) is 0 Å². The third kappa shape index (κ3) is 3.88. The van der Waals surface area contributed by atoms with Crippen LogP contribution in [0.4, 0.5) is 8.78 Å². The van der Waals surface area contributed by atoms with Crippen LogP contribution in [0, 0.1) is 0 Å². The quantitative estimate of drug-likeness (QED) is 0.897. The standard InChI is InChI=1S/C14H19F2NO3/c1-10-9-19-12(8-18)7-17(10)6-11-4-2-3-5-13(11)20-14(15)16/h2-5,10,12,14,18H,6-9H2,1H3. The number of para-hydroxylation sites is 1. The van der Waals surface area contributed by atoms with Gasteiger partial charge in [0.1, 0.15) is 5.75 Å². The lowest BCUT2D eigenvalue weighted by Crippen LogP contribution is -2.48. The maximum atomic E-state index is 12.4. The molecule has 2 rings (SSSR count). The Morgan fingerprint density at radius 1 is 1.45 bits per heavy atom. The maximum Gasteiger partial charge on any atom is 0.387 e. The molecule has 1 aromatic rings. The Morgan fingerprint density at radius 3 is 2.90 bits per heavy atom. The molecule has 1 N–H and O–H groups in total. The van der Waals surface area contributed by atoms with E-state index >= 15 is 0 Å². The number of rotatable bonds is 5. The van der Waals surface area contributed by atoms with Crippen LogP contribution in [0.2, 0.25) is 0 Å². The molecule has 4 nitrogen and oxygen atoms in total. The molecule has 20 heavy (non-hydrogen) atoms. The Balaban J connectivity index is 2.08. The summed E-state index contributed by atoms with van der Waals surface area (Å²) in [4.78, 5) is 2.10. The molecule has 1 saturated heterocycles. The number of hydrogen-bond donors (Lipinski definition) is 1. The summed E-state index contributed by atoms with van der Waals surface area (Å²) in [5.41, 5.74) is 0.707. The lowest BCUT2D eigenvalue weighted by Gasteiger charge is -2.37. The summed E-state index contributed by atoms with van der Waals surface area (Å²) in [6, 6.07) is 6.93. The fourth-order valence-electron chi connectivity index (χ4n) is 2.27. The number of morpholine rings is 1. The first-order valence-electron chi connectivity index (χ1n) is 6.59. The van der Waals surface area contributed by atoms with Gasteiger partial charge in [0.2, 0.25) is 0 Å². The molecule has 0 amide bonds. The largest absolute Gasteiger partial charge is 0.434 e. The minimum atomic E-state index is -2.83. The van der Waals surface area contributed by atoms with Crippen molar-refractivity contribution < 1.29 is 23.4 Å². The molecule has 0 radical (unpaired) electrons. The molecule has 1 heterocycles. The fraction of sp³-hybridized carbons (Fsp3) is 0.571. The van der Waals surface area contributed by atoms with E-state index < -0.39 is 6.61 Å². The molecule has 1 fully saturated rings. The molecule has 1 aliphatic heterocycles. The number of hydrogen-bond acceptors (Lipinski definition) is 4. The van der Waals surface area contributed by atoms with Crippen molar-refractivity contribution in [2.45, 2.75) is 32.2 Å². The average molecular weight is 287 g/mol. The second-order valence-electron chi connectivity index (χ2n) is 4.90. The molecule has 0 spiro atoms. The van der Waals surface area contributed by atoms with E-state index in [1.165, 1.54) is 6.07 Å². The van der Waals surface area contributed by atoms with Gasteiger partial charge in [-0.3, -0.25) is 4.90 Å². The predicted molar refractivity (Wildman–Crippen MR) is 69.8 cm³/mol. The van der Waals surface area contributed by atoms with E-state index in [1.54, 1.807) is 18.2 Å². The Labute approximate surface area is 116 Å². The minimum Gasteiger partial charge on any atom is -0.434 e. The van der Waals surface area contributed by atoms with Crippen molar-refractivity contribution in [3.8, 4) is 5.75 Å². The summed E-state index contributed by atoms with van der Waals surface area (Å²) in [5.74, 6) is 0.196. The molecular weight excluding hydrogens is 268 g/mol. The second kappa shape index (κ2) is 6.97. The zero-order valence-corrected chi connectivity index (χ0v) is 11.3. The van der Waals surface area contributed by atoms with Gasteiger partial charge in [0, 0.05) is 24.7 Å². The van der Waals surface area contributed by atoms with E-state index in [2.05, 4.69) is 9.64 Å². The van der Waals surface area contributed by atoms with E-state index in [0.29, 0.717) is 25.3 Å². The van der Waals surface area contributed by atoms with E-state index in [-0.39, 0.29) is 24.5 Å². The first kappa shape index (κ1) is 15.2. The van der Waals surface area contributed by atoms with Crippen LogP contribution in [0.5, 0.6) is 5.75 Å². The number of aliphatic hydroxyl groups excluding tert-OH is 1. The Bertz CT molecular complexity index is 431. The van der Waals surface area contributed by atoms with Gasteiger partial charge in [-0.05, 0) is 13.0 Å². The summed E-state index contributed by atoms with van der Waals surface area (Å²) in [6.45, 7) is 0.708. The molecule has 6 heteroatoms. The van der Waals surface area contributed by atoms with Gasteiger partial charge in [0.05, 0.1) is 19.3 Å². The van der Waals surface area contributed by atoms with Crippen LogP contribution < -0.4 is 4.74 Å². The molecule has 2 atom stereocenters.